The van der Waals surface area contributed by atoms with Gasteiger partial charge in [0.25, 0.3) is 0 Å². The third-order valence-corrected chi connectivity index (χ3v) is 3.58. The van der Waals surface area contributed by atoms with Crippen LogP contribution in [0, 0.1) is 0 Å². The van der Waals surface area contributed by atoms with Gasteiger partial charge in [0.05, 0.1) is 25.3 Å². The molecule has 0 N–H and O–H groups in total. The Balaban J connectivity index is 2.59. The standard InChI is InChI=1S/C16H20BrNO3/c1-4-19-16(20-5-2,21-6-3)15-13(17)11-12-9-7-8-10-14(12)18-15/h7-11H,4-6H2,1-3H3. The summed E-state index contributed by atoms with van der Waals surface area (Å²) in [5.74, 6) is -1.28. The molecule has 2 aromatic rings. The third kappa shape index (κ3) is 3.43. The van der Waals surface area contributed by atoms with E-state index in [1.807, 2.05) is 51.1 Å². The van der Waals surface area contributed by atoms with E-state index < -0.39 is 5.97 Å². The van der Waals surface area contributed by atoms with Crippen LogP contribution in [0.5, 0.6) is 0 Å². The SMILES string of the molecule is CCOC(OCC)(OCC)c1nc2ccccc2cc1Br. The number of para-hydroxylation sites is 1. The predicted molar refractivity (Wildman–Crippen MR) is 86.0 cm³/mol. The van der Waals surface area contributed by atoms with Gasteiger partial charge in [-0.25, -0.2) is 4.98 Å². The van der Waals surface area contributed by atoms with E-state index in [1.165, 1.54) is 0 Å². The Bertz CT molecular complexity index is 586. The smallest absolute Gasteiger partial charge is 0.323 e. The number of benzene rings is 1. The van der Waals surface area contributed by atoms with Crippen LogP contribution in [0.25, 0.3) is 10.9 Å². The van der Waals surface area contributed by atoms with Crippen LogP contribution in [0.4, 0.5) is 0 Å². The fraction of sp³-hybridized carbons (Fsp3) is 0.438. The zero-order chi connectivity index (χ0) is 15.3. The van der Waals surface area contributed by atoms with Gasteiger partial charge in [0.15, 0.2) is 0 Å². The fourth-order valence-electron chi connectivity index (χ4n) is 2.20. The number of hydrogen-bond donors (Lipinski definition) is 0. The summed E-state index contributed by atoms with van der Waals surface area (Å²) >= 11 is 3.56. The van der Waals surface area contributed by atoms with Gasteiger partial charge in [-0.15, -0.1) is 0 Å². The molecule has 0 fully saturated rings. The number of pyridine rings is 1. The van der Waals surface area contributed by atoms with Crippen LogP contribution in [0.15, 0.2) is 34.8 Å². The van der Waals surface area contributed by atoms with Crippen molar-refractivity contribution >= 4 is 26.8 Å². The van der Waals surface area contributed by atoms with Crippen LogP contribution >= 0.6 is 15.9 Å². The van der Waals surface area contributed by atoms with Crippen molar-refractivity contribution < 1.29 is 14.2 Å². The first kappa shape index (κ1) is 16.4. The number of fused-ring (bicyclic) bond motifs is 1. The second-order valence-corrected chi connectivity index (χ2v) is 5.22. The lowest BCUT2D eigenvalue weighted by Crippen LogP contribution is -2.38. The largest absolute Gasteiger partial charge is 0.331 e. The van der Waals surface area contributed by atoms with Gasteiger partial charge in [-0.3, -0.25) is 0 Å². The lowest BCUT2D eigenvalue weighted by molar-refractivity contribution is -0.391. The van der Waals surface area contributed by atoms with Crippen molar-refractivity contribution in [3.8, 4) is 0 Å². The molecule has 0 aliphatic heterocycles. The molecule has 0 amide bonds. The molecular formula is C16H20BrNO3. The molecule has 114 valence electrons. The van der Waals surface area contributed by atoms with Crippen molar-refractivity contribution in [3.05, 3.63) is 40.5 Å². The van der Waals surface area contributed by atoms with Gasteiger partial charge in [0, 0.05) is 9.86 Å². The Morgan fingerprint density at radius 3 is 2.14 bits per heavy atom. The Kier molecular flexibility index (Phi) is 5.70. The van der Waals surface area contributed by atoms with Crippen LogP contribution in [0.3, 0.4) is 0 Å². The number of rotatable bonds is 7. The van der Waals surface area contributed by atoms with Crippen molar-refractivity contribution in [2.45, 2.75) is 26.7 Å². The van der Waals surface area contributed by atoms with E-state index >= 15 is 0 Å². The van der Waals surface area contributed by atoms with E-state index in [1.54, 1.807) is 0 Å². The number of aromatic nitrogens is 1. The molecule has 0 unspecified atom stereocenters. The topological polar surface area (TPSA) is 40.6 Å². The minimum atomic E-state index is -1.28. The van der Waals surface area contributed by atoms with Gasteiger partial charge in [-0.05, 0) is 48.8 Å². The molecule has 1 aromatic heterocycles. The summed E-state index contributed by atoms with van der Waals surface area (Å²) in [6.45, 7) is 7.09. The average Bonchev–Trinajstić information content (AvgIpc) is 2.47. The summed E-state index contributed by atoms with van der Waals surface area (Å²) in [6, 6.07) is 9.91. The predicted octanol–water partition coefficient (Wildman–Crippen LogP) is 4.22. The molecule has 1 heterocycles. The van der Waals surface area contributed by atoms with E-state index in [2.05, 4.69) is 20.9 Å². The lowest BCUT2D eigenvalue weighted by atomic mass is 10.2. The van der Waals surface area contributed by atoms with Crippen molar-refractivity contribution in [2.75, 3.05) is 19.8 Å². The Morgan fingerprint density at radius 1 is 1.00 bits per heavy atom. The molecule has 1 aromatic carbocycles. The Labute approximate surface area is 133 Å². The summed E-state index contributed by atoms with van der Waals surface area (Å²) in [7, 11) is 0. The molecule has 2 rings (SSSR count). The maximum Gasteiger partial charge on any atom is 0.331 e. The maximum atomic E-state index is 5.79. The fourth-order valence-corrected chi connectivity index (χ4v) is 2.78. The summed E-state index contributed by atoms with van der Waals surface area (Å²) < 4.78 is 18.2. The third-order valence-electron chi connectivity index (χ3n) is 2.97. The molecule has 5 heteroatoms. The quantitative estimate of drug-likeness (QED) is 0.698. The van der Waals surface area contributed by atoms with E-state index in [4.69, 9.17) is 14.2 Å². The second-order valence-electron chi connectivity index (χ2n) is 4.37. The first-order chi connectivity index (χ1) is 10.2. The first-order valence-corrected chi connectivity index (χ1v) is 7.93. The normalized spacial score (nSPS) is 12.0. The summed E-state index contributed by atoms with van der Waals surface area (Å²) in [5.41, 5.74) is 1.48. The highest BCUT2D eigenvalue weighted by Gasteiger charge is 2.39. The lowest BCUT2D eigenvalue weighted by Gasteiger charge is -2.32. The molecule has 0 saturated carbocycles. The number of halogens is 1. The average molecular weight is 354 g/mol. The van der Waals surface area contributed by atoms with Crippen LogP contribution in [-0.2, 0) is 20.2 Å². The summed E-state index contributed by atoms with van der Waals surface area (Å²) in [6.07, 6.45) is 0. The van der Waals surface area contributed by atoms with Gasteiger partial charge in [0.2, 0.25) is 0 Å². The highest BCUT2D eigenvalue weighted by atomic mass is 79.9. The second kappa shape index (κ2) is 7.31. The molecule has 0 radical (unpaired) electrons. The van der Waals surface area contributed by atoms with Gasteiger partial charge in [0.1, 0.15) is 5.69 Å². The van der Waals surface area contributed by atoms with Crippen molar-refractivity contribution in [1.29, 1.82) is 0 Å². The van der Waals surface area contributed by atoms with Crippen LogP contribution in [-0.4, -0.2) is 24.8 Å². The molecule has 21 heavy (non-hydrogen) atoms. The van der Waals surface area contributed by atoms with Crippen molar-refractivity contribution in [1.82, 2.24) is 4.98 Å². The minimum Gasteiger partial charge on any atom is -0.323 e. The first-order valence-electron chi connectivity index (χ1n) is 7.14. The number of hydrogen-bond acceptors (Lipinski definition) is 4. The van der Waals surface area contributed by atoms with Gasteiger partial charge in [-0.2, -0.15) is 0 Å². The van der Waals surface area contributed by atoms with Crippen molar-refractivity contribution in [3.63, 3.8) is 0 Å². The minimum absolute atomic E-state index is 0.459. The van der Waals surface area contributed by atoms with E-state index in [0.29, 0.717) is 25.5 Å². The van der Waals surface area contributed by atoms with Gasteiger partial charge >= 0.3 is 5.97 Å². The number of ether oxygens (including phenoxy) is 3. The van der Waals surface area contributed by atoms with E-state index in [-0.39, 0.29) is 0 Å². The zero-order valence-electron chi connectivity index (χ0n) is 12.6. The number of nitrogens with zero attached hydrogens (tertiary/aromatic N) is 1. The Hall–Kier alpha value is -1.01. The molecule has 0 saturated heterocycles. The van der Waals surface area contributed by atoms with Gasteiger partial charge in [-0.1, -0.05) is 18.2 Å². The molecule has 0 atom stereocenters. The molecule has 0 spiro atoms. The van der Waals surface area contributed by atoms with Crippen LogP contribution < -0.4 is 0 Å². The zero-order valence-corrected chi connectivity index (χ0v) is 14.1. The highest BCUT2D eigenvalue weighted by molar-refractivity contribution is 9.10. The van der Waals surface area contributed by atoms with Gasteiger partial charge < -0.3 is 14.2 Å². The molecule has 0 bridgehead atoms. The highest BCUT2D eigenvalue weighted by Crippen LogP contribution is 2.34. The van der Waals surface area contributed by atoms with Crippen LogP contribution in [0.2, 0.25) is 0 Å². The summed E-state index contributed by atoms with van der Waals surface area (Å²) in [5, 5.41) is 1.05. The van der Waals surface area contributed by atoms with Crippen molar-refractivity contribution in [2.24, 2.45) is 0 Å². The van der Waals surface area contributed by atoms with E-state index in [0.717, 1.165) is 15.4 Å². The molecule has 4 nitrogen and oxygen atoms in total. The van der Waals surface area contributed by atoms with E-state index in [9.17, 15) is 0 Å². The monoisotopic (exact) mass is 353 g/mol. The van der Waals surface area contributed by atoms with Crippen LogP contribution in [0.1, 0.15) is 26.5 Å². The molecule has 0 aliphatic rings. The maximum absolute atomic E-state index is 5.79. The molecular weight excluding hydrogens is 334 g/mol. The summed E-state index contributed by atoms with van der Waals surface area (Å²) in [4.78, 5) is 4.68. The molecule has 0 aliphatic carbocycles. The Morgan fingerprint density at radius 2 is 1.57 bits per heavy atom.